The van der Waals surface area contributed by atoms with Gasteiger partial charge in [0.1, 0.15) is 0 Å². The van der Waals surface area contributed by atoms with Gasteiger partial charge in [0.2, 0.25) is 5.91 Å². The second kappa shape index (κ2) is 6.31. The molecule has 1 amide bonds. The van der Waals surface area contributed by atoms with Gasteiger partial charge in [0.15, 0.2) is 0 Å². The number of hydrogen-bond acceptors (Lipinski definition) is 4. The highest BCUT2D eigenvalue weighted by atomic mass is 32.2. The molecule has 20 heavy (non-hydrogen) atoms. The van der Waals surface area contributed by atoms with E-state index in [0.717, 1.165) is 0 Å². The molecule has 0 saturated carbocycles. The van der Waals surface area contributed by atoms with Crippen molar-refractivity contribution in [1.82, 2.24) is 14.3 Å². The lowest BCUT2D eigenvalue weighted by atomic mass is 10.1. The van der Waals surface area contributed by atoms with Crippen molar-refractivity contribution < 1.29 is 13.2 Å². The molecule has 1 fully saturated rings. The molecule has 4 N–H and O–H groups in total. The monoisotopic (exact) mass is 298 g/mol. The molecule has 1 aliphatic rings. The Kier molecular flexibility index (Phi) is 4.71. The number of carbonyl (C=O) groups excluding carboxylic acids is 1. The van der Waals surface area contributed by atoms with Crippen LogP contribution in [0.3, 0.4) is 0 Å². The standard InChI is InChI=1S/C12H18N4O3S/c13-12(17)11-3-1-2-10(8-11)9-15-20(18,19)16-6-4-14-5-7-16/h1-3,8,14-15H,4-7,9H2,(H2,13,17). The summed E-state index contributed by atoms with van der Waals surface area (Å²) < 4.78 is 28.1. The van der Waals surface area contributed by atoms with E-state index in [-0.39, 0.29) is 6.54 Å². The summed E-state index contributed by atoms with van der Waals surface area (Å²) in [6.45, 7) is 2.34. The maximum absolute atomic E-state index is 12.1. The summed E-state index contributed by atoms with van der Waals surface area (Å²) in [7, 11) is -3.49. The molecule has 0 unspecified atom stereocenters. The molecule has 110 valence electrons. The maximum Gasteiger partial charge on any atom is 0.279 e. The third-order valence-electron chi connectivity index (χ3n) is 3.09. The van der Waals surface area contributed by atoms with E-state index in [1.807, 2.05) is 0 Å². The molecule has 1 heterocycles. The molecular formula is C12H18N4O3S. The number of nitrogens with zero attached hydrogens (tertiary/aromatic N) is 1. The minimum Gasteiger partial charge on any atom is -0.366 e. The number of primary amides is 1. The minimum absolute atomic E-state index is 0.132. The second-order valence-electron chi connectivity index (χ2n) is 4.54. The molecule has 8 heteroatoms. The minimum atomic E-state index is -3.49. The summed E-state index contributed by atoms with van der Waals surface area (Å²) >= 11 is 0. The van der Waals surface area contributed by atoms with Gasteiger partial charge in [-0.3, -0.25) is 4.79 Å². The molecular weight excluding hydrogens is 280 g/mol. The van der Waals surface area contributed by atoms with Crippen molar-refractivity contribution in [3.63, 3.8) is 0 Å². The molecule has 1 aliphatic heterocycles. The first-order chi connectivity index (χ1) is 9.49. The molecule has 0 aromatic heterocycles. The number of piperazine rings is 1. The van der Waals surface area contributed by atoms with Crippen molar-refractivity contribution in [2.24, 2.45) is 5.73 Å². The maximum atomic E-state index is 12.1. The van der Waals surface area contributed by atoms with Crippen molar-refractivity contribution in [1.29, 1.82) is 0 Å². The zero-order chi connectivity index (χ0) is 14.6. The first kappa shape index (κ1) is 14.9. The van der Waals surface area contributed by atoms with E-state index < -0.39 is 16.1 Å². The van der Waals surface area contributed by atoms with Crippen molar-refractivity contribution in [2.45, 2.75) is 6.54 Å². The van der Waals surface area contributed by atoms with Crippen LogP contribution in [-0.2, 0) is 16.8 Å². The van der Waals surface area contributed by atoms with Gasteiger partial charge >= 0.3 is 0 Å². The predicted octanol–water partition coefficient (Wildman–Crippen LogP) is -0.975. The molecule has 0 radical (unpaired) electrons. The highest BCUT2D eigenvalue weighted by Crippen LogP contribution is 2.06. The van der Waals surface area contributed by atoms with Crippen LogP contribution in [-0.4, -0.2) is 44.8 Å². The van der Waals surface area contributed by atoms with Gasteiger partial charge in [0.05, 0.1) is 0 Å². The number of carbonyl (C=O) groups is 1. The number of nitrogens with one attached hydrogen (secondary N) is 2. The van der Waals surface area contributed by atoms with Crippen molar-refractivity contribution in [2.75, 3.05) is 26.2 Å². The number of benzene rings is 1. The van der Waals surface area contributed by atoms with Crippen LogP contribution in [0.15, 0.2) is 24.3 Å². The van der Waals surface area contributed by atoms with Gasteiger partial charge in [-0.25, -0.2) is 0 Å². The zero-order valence-electron chi connectivity index (χ0n) is 11.0. The molecule has 7 nitrogen and oxygen atoms in total. The highest BCUT2D eigenvalue weighted by Gasteiger charge is 2.22. The van der Waals surface area contributed by atoms with Crippen LogP contribution in [0, 0.1) is 0 Å². The van der Waals surface area contributed by atoms with Gasteiger partial charge in [0, 0.05) is 38.3 Å². The largest absolute Gasteiger partial charge is 0.366 e. The van der Waals surface area contributed by atoms with E-state index in [4.69, 9.17) is 5.73 Å². The van der Waals surface area contributed by atoms with Gasteiger partial charge in [0.25, 0.3) is 10.2 Å². The van der Waals surface area contributed by atoms with Crippen LogP contribution in [0.4, 0.5) is 0 Å². The highest BCUT2D eigenvalue weighted by molar-refractivity contribution is 7.87. The molecule has 2 rings (SSSR count). The van der Waals surface area contributed by atoms with Crippen molar-refractivity contribution in [3.05, 3.63) is 35.4 Å². The van der Waals surface area contributed by atoms with E-state index in [9.17, 15) is 13.2 Å². The van der Waals surface area contributed by atoms with E-state index in [0.29, 0.717) is 37.3 Å². The molecule has 1 aromatic carbocycles. The van der Waals surface area contributed by atoms with E-state index >= 15 is 0 Å². The lowest BCUT2D eigenvalue weighted by Gasteiger charge is -2.26. The van der Waals surface area contributed by atoms with Gasteiger partial charge in [-0.15, -0.1) is 0 Å². The zero-order valence-corrected chi connectivity index (χ0v) is 11.8. The number of amides is 1. The van der Waals surface area contributed by atoms with Crippen LogP contribution in [0.1, 0.15) is 15.9 Å². The Bertz CT molecular complexity index is 582. The number of hydrogen-bond donors (Lipinski definition) is 3. The summed E-state index contributed by atoms with van der Waals surface area (Å²) in [5.41, 5.74) is 6.25. The SMILES string of the molecule is NC(=O)c1cccc(CNS(=O)(=O)N2CCNCC2)c1. The average molecular weight is 298 g/mol. The van der Waals surface area contributed by atoms with Crippen molar-refractivity contribution in [3.8, 4) is 0 Å². The fourth-order valence-electron chi connectivity index (χ4n) is 1.99. The van der Waals surface area contributed by atoms with Crippen LogP contribution in [0.2, 0.25) is 0 Å². The first-order valence-corrected chi connectivity index (χ1v) is 7.77. The van der Waals surface area contributed by atoms with Crippen LogP contribution >= 0.6 is 0 Å². The summed E-state index contributed by atoms with van der Waals surface area (Å²) in [5.74, 6) is -0.531. The Hall–Kier alpha value is -1.48. The smallest absolute Gasteiger partial charge is 0.279 e. The third-order valence-corrected chi connectivity index (χ3v) is 4.64. The third kappa shape index (κ3) is 3.76. The van der Waals surface area contributed by atoms with E-state index in [1.165, 1.54) is 4.31 Å². The lowest BCUT2D eigenvalue weighted by Crippen LogP contribution is -2.50. The van der Waals surface area contributed by atoms with Gasteiger partial charge in [-0.1, -0.05) is 12.1 Å². The van der Waals surface area contributed by atoms with E-state index in [1.54, 1.807) is 24.3 Å². The Balaban J connectivity index is 2.00. The normalized spacial score (nSPS) is 17.0. The van der Waals surface area contributed by atoms with Crippen molar-refractivity contribution >= 4 is 16.1 Å². The first-order valence-electron chi connectivity index (χ1n) is 6.33. The fraction of sp³-hybridized carbons (Fsp3) is 0.417. The molecule has 0 aliphatic carbocycles. The average Bonchev–Trinajstić information content (AvgIpc) is 2.46. The van der Waals surface area contributed by atoms with Crippen LogP contribution in [0.25, 0.3) is 0 Å². The van der Waals surface area contributed by atoms with E-state index in [2.05, 4.69) is 10.0 Å². The molecule has 0 bridgehead atoms. The summed E-state index contributed by atoms with van der Waals surface area (Å²) in [4.78, 5) is 11.1. The quantitative estimate of drug-likeness (QED) is 0.650. The Labute approximate surface area is 118 Å². The Morgan fingerprint density at radius 3 is 2.70 bits per heavy atom. The van der Waals surface area contributed by atoms with Gasteiger partial charge in [-0.2, -0.15) is 17.4 Å². The van der Waals surface area contributed by atoms with Gasteiger partial charge in [-0.05, 0) is 17.7 Å². The molecule has 0 spiro atoms. The number of nitrogens with two attached hydrogens (primary N) is 1. The Morgan fingerprint density at radius 1 is 1.35 bits per heavy atom. The topological polar surface area (TPSA) is 105 Å². The summed E-state index contributed by atoms with van der Waals surface area (Å²) in [6.07, 6.45) is 0. The Morgan fingerprint density at radius 2 is 2.05 bits per heavy atom. The lowest BCUT2D eigenvalue weighted by molar-refractivity contribution is 0.1000. The predicted molar refractivity (Wildman–Crippen MR) is 75.2 cm³/mol. The van der Waals surface area contributed by atoms with Gasteiger partial charge < -0.3 is 11.1 Å². The second-order valence-corrected chi connectivity index (χ2v) is 6.30. The fourth-order valence-corrected chi connectivity index (χ4v) is 3.18. The molecule has 0 atom stereocenters. The summed E-state index contributed by atoms with van der Waals surface area (Å²) in [5, 5.41) is 3.10. The van der Waals surface area contributed by atoms with Crippen LogP contribution in [0.5, 0.6) is 0 Å². The molecule has 1 aromatic rings. The molecule has 1 saturated heterocycles. The number of rotatable bonds is 5. The van der Waals surface area contributed by atoms with Crippen LogP contribution < -0.4 is 15.8 Å². The summed E-state index contributed by atoms with van der Waals surface area (Å²) in [6, 6.07) is 6.60.